The second kappa shape index (κ2) is 5.47. The number of rotatable bonds is 1. The topological polar surface area (TPSA) is 29.5 Å². The SMILES string of the molecule is C[C@@H]1CCC[C@H](C)N1C(=O)C1COc2ccccc2C1. The standard InChI is InChI=1S/C17H23NO2/c1-12-6-5-7-13(2)18(12)17(19)15-10-14-8-3-4-9-16(14)20-11-15/h3-4,8-9,12-13,15H,5-7,10-11H2,1-2H3/t12-,13+,15?. The van der Waals surface area contributed by atoms with E-state index in [-0.39, 0.29) is 11.8 Å². The lowest BCUT2D eigenvalue weighted by Gasteiger charge is -2.41. The third-order valence-electron chi connectivity index (χ3n) is 4.68. The molecule has 0 spiro atoms. The first-order valence-corrected chi connectivity index (χ1v) is 7.69. The zero-order valence-corrected chi connectivity index (χ0v) is 12.3. The first kappa shape index (κ1) is 13.5. The van der Waals surface area contributed by atoms with E-state index >= 15 is 0 Å². The van der Waals surface area contributed by atoms with Crippen molar-refractivity contribution < 1.29 is 9.53 Å². The highest BCUT2D eigenvalue weighted by Gasteiger charge is 2.35. The van der Waals surface area contributed by atoms with Gasteiger partial charge in [0, 0.05) is 12.1 Å². The van der Waals surface area contributed by atoms with E-state index in [1.165, 1.54) is 6.42 Å². The Morgan fingerprint density at radius 1 is 1.20 bits per heavy atom. The van der Waals surface area contributed by atoms with Gasteiger partial charge in [-0.2, -0.15) is 0 Å². The smallest absolute Gasteiger partial charge is 0.229 e. The van der Waals surface area contributed by atoms with Crippen LogP contribution >= 0.6 is 0 Å². The van der Waals surface area contributed by atoms with Crippen molar-refractivity contribution >= 4 is 5.91 Å². The molecule has 0 N–H and O–H groups in total. The lowest BCUT2D eigenvalue weighted by atomic mass is 9.91. The number of ether oxygens (including phenoxy) is 1. The fourth-order valence-electron chi connectivity index (χ4n) is 3.55. The zero-order valence-electron chi connectivity index (χ0n) is 12.3. The zero-order chi connectivity index (χ0) is 14.1. The molecule has 1 unspecified atom stereocenters. The third kappa shape index (κ3) is 2.41. The van der Waals surface area contributed by atoms with Gasteiger partial charge in [0.2, 0.25) is 5.91 Å². The molecule has 2 aliphatic rings. The van der Waals surface area contributed by atoms with E-state index in [0.29, 0.717) is 18.7 Å². The van der Waals surface area contributed by atoms with Gasteiger partial charge in [-0.05, 0) is 51.2 Å². The van der Waals surface area contributed by atoms with Crippen molar-refractivity contribution in [2.75, 3.05) is 6.61 Å². The number of carbonyl (C=O) groups excluding carboxylic acids is 1. The van der Waals surface area contributed by atoms with Crippen LogP contribution in [0.5, 0.6) is 5.75 Å². The van der Waals surface area contributed by atoms with E-state index in [0.717, 1.165) is 30.6 Å². The summed E-state index contributed by atoms with van der Waals surface area (Å²) in [5, 5.41) is 0. The van der Waals surface area contributed by atoms with Crippen LogP contribution in [-0.4, -0.2) is 29.5 Å². The number of para-hydroxylation sites is 1. The Hall–Kier alpha value is -1.51. The van der Waals surface area contributed by atoms with E-state index in [9.17, 15) is 4.79 Å². The maximum atomic E-state index is 12.8. The first-order chi connectivity index (χ1) is 9.66. The number of carbonyl (C=O) groups is 1. The van der Waals surface area contributed by atoms with Gasteiger partial charge in [0.05, 0.1) is 5.92 Å². The number of hydrogen-bond donors (Lipinski definition) is 0. The summed E-state index contributed by atoms with van der Waals surface area (Å²) in [5.41, 5.74) is 1.16. The van der Waals surface area contributed by atoms with Crippen LogP contribution in [0.1, 0.15) is 38.7 Å². The minimum Gasteiger partial charge on any atom is -0.492 e. The van der Waals surface area contributed by atoms with Crippen LogP contribution in [0.3, 0.4) is 0 Å². The number of hydrogen-bond acceptors (Lipinski definition) is 2. The first-order valence-electron chi connectivity index (χ1n) is 7.69. The number of benzene rings is 1. The van der Waals surface area contributed by atoms with Gasteiger partial charge < -0.3 is 9.64 Å². The molecular weight excluding hydrogens is 250 g/mol. The molecule has 0 saturated carbocycles. The Balaban J connectivity index is 1.75. The normalized spacial score (nSPS) is 29.5. The quantitative estimate of drug-likeness (QED) is 0.787. The molecule has 108 valence electrons. The van der Waals surface area contributed by atoms with Gasteiger partial charge >= 0.3 is 0 Å². The predicted octanol–water partition coefficient (Wildman–Crippen LogP) is 3.03. The molecule has 3 atom stereocenters. The molecule has 1 aromatic carbocycles. The van der Waals surface area contributed by atoms with Gasteiger partial charge in [0.15, 0.2) is 0 Å². The molecule has 1 saturated heterocycles. The number of likely N-dealkylation sites (tertiary alicyclic amines) is 1. The van der Waals surface area contributed by atoms with Crippen molar-refractivity contribution in [3.63, 3.8) is 0 Å². The van der Waals surface area contributed by atoms with Gasteiger partial charge in [-0.1, -0.05) is 18.2 Å². The average molecular weight is 273 g/mol. The monoisotopic (exact) mass is 273 g/mol. The highest BCUT2D eigenvalue weighted by Crippen LogP contribution is 2.30. The molecule has 1 fully saturated rings. The Kier molecular flexibility index (Phi) is 3.68. The summed E-state index contributed by atoms with van der Waals surface area (Å²) < 4.78 is 5.77. The maximum Gasteiger partial charge on any atom is 0.229 e. The molecule has 3 rings (SSSR count). The Morgan fingerprint density at radius 3 is 2.65 bits per heavy atom. The molecule has 1 amide bonds. The lowest BCUT2D eigenvalue weighted by molar-refractivity contribution is -0.143. The highest BCUT2D eigenvalue weighted by atomic mass is 16.5. The van der Waals surface area contributed by atoms with Crippen molar-refractivity contribution in [1.82, 2.24) is 4.90 Å². The molecule has 0 radical (unpaired) electrons. The summed E-state index contributed by atoms with van der Waals surface area (Å²) in [6.45, 7) is 4.86. The second-order valence-corrected chi connectivity index (χ2v) is 6.19. The van der Waals surface area contributed by atoms with Crippen LogP contribution in [0.4, 0.5) is 0 Å². The van der Waals surface area contributed by atoms with Crippen molar-refractivity contribution in [1.29, 1.82) is 0 Å². The summed E-state index contributed by atoms with van der Waals surface area (Å²) in [7, 11) is 0. The second-order valence-electron chi connectivity index (χ2n) is 6.19. The molecule has 20 heavy (non-hydrogen) atoms. The summed E-state index contributed by atoms with van der Waals surface area (Å²) in [4.78, 5) is 14.9. The van der Waals surface area contributed by atoms with Gasteiger partial charge in [0.1, 0.15) is 12.4 Å². The Bertz CT molecular complexity index is 490. The van der Waals surface area contributed by atoms with Gasteiger partial charge in [-0.25, -0.2) is 0 Å². The van der Waals surface area contributed by atoms with Crippen molar-refractivity contribution in [2.45, 2.75) is 51.6 Å². The van der Waals surface area contributed by atoms with Crippen molar-refractivity contribution in [3.8, 4) is 5.75 Å². The van der Waals surface area contributed by atoms with Gasteiger partial charge in [-0.3, -0.25) is 4.79 Å². The van der Waals surface area contributed by atoms with E-state index < -0.39 is 0 Å². The molecule has 0 aromatic heterocycles. The summed E-state index contributed by atoms with van der Waals surface area (Å²) in [6.07, 6.45) is 4.29. The molecule has 2 heterocycles. The molecule has 2 aliphatic heterocycles. The molecule has 0 bridgehead atoms. The highest BCUT2D eigenvalue weighted by molar-refractivity contribution is 5.80. The largest absolute Gasteiger partial charge is 0.492 e. The van der Waals surface area contributed by atoms with Crippen LogP contribution in [0.25, 0.3) is 0 Å². The van der Waals surface area contributed by atoms with Gasteiger partial charge in [0.25, 0.3) is 0 Å². The summed E-state index contributed by atoms with van der Waals surface area (Å²) in [6, 6.07) is 8.78. The minimum atomic E-state index is -0.0205. The van der Waals surface area contributed by atoms with E-state index in [4.69, 9.17) is 4.74 Å². The average Bonchev–Trinajstić information content (AvgIpc) is 2.46. The predicted molar refractivity (Wildman–Crippen MR) is 78.8 cm³/mol. The van der Waals surface area contributed by atoms with Crippen LogP contribution in [0, 0.1) is 5.92 Å². The maximum absolute atomic E-state index is 12.8. The van der Waals surface area contributed by atoms with Crippen LogP contribution in [0.2, 0.25) is 0 Å². The Labute approximate surface area is 120 Å². The van der Waals surface area contributed by atoms with Crippen molar-refractivity contribution in [2.24, 2.45) is 5.92 Å². The fourth-order valence-corrected chi connectivity index (χ4v) is 3.55. The van der Waals surface area contributed by atoms with E-state index in [1.807, 2.05) is 18.2 Å². The number of piperidine rings is 1. The molecule has 1 aromatic rings. The Morgan fingerprint density at radius 2 is 1.90 bits per heavy atom. The fraction of sp³-hybridized carbons (Fsp3) is 0.588. The molecule has 0 aliphatic carbocycles. The van der Waals surface area contributed by atoms with Crippen LogP contribution in [-0.2, 0) is 11.2 Å². The number of nitrogens with zero attached hydrogens (tertiary/aromatic N) is 1. The van der Waals surface area contributed by atoms with Gasteiger partial charge in [-0.15, -0.1) is 0 Å². The minimum absolute atomic E-state index is 0.0205. The number of amides is 1. The number of fused-ring (bicyclic) bond motifs is 1. The molecule has 3 heteroatoms. The molecular formula is C17H23NO2. The third-order valence-corrected chi connectivity index (χ3v) is 4.68. The van der Waals surface area contributed by atoms with Crippen LogP contribution < -0.4 is 4.74 Å². The lowest BCUT2D eigenvalue weighted by Crippen LogP contribution is -2.51. The molecule has 3 nitrogen and oxygen atoms in total. The summed E-state index contributed by atoms with van der Waals surface area (Å²) in [5.74, 6) is 1.20. The van der Waals surface area contributed by atoms with E-state index in [2.05, 4.69) is 24.8 Å². The van der Waals surface area contributed by atoms with Crippen molar-refractivity contribution in [3.05, 3.63) is 29.8 Å². The summed E-state index contributed by atoms with van der Waals surface area (Å²) >= 11 is 0. The van der Waals surface area contributed by atoms with Crippen LogP contribution in [0.15, 0.2) is 24.3 Å². The van der Waals surface area contributed by atoms with E-state index in [1.54, 1.807) is 0 Å².